The molecule has 13 heteroatoms. The van der Waals surface area contributed by atoms with E-state index in [0.717, 1.165) is 18.2 Å². The minimum atomic E-state index is -4.89. The Balaban J connectivity index is 2.06. The Morgan fingerprint density at radius 2 is 1.64 bits per heavy atom. The number of ether oxygens (including phenoxy) is 2. The summed E-state index contributed by atoms with van der Waals surface area (Å²) in [6.45, 7) is 1.43. The fraction of sp³-hybridized carbons (Fsp3) is 0.300. The molecular formula is C20H22F3N3O6S. The van der Waals surface area contributed by atoms with Crippen LogP contribution in [0.15, 0.2) is 53.4 Å². The van der Waals surface area contributed by atoms with Crippen LogP contribution in [0.3, 0.4) is 0 Å². The predicted octanol–water partition coefficient (Wildman–Crippen LogP) is 3.21. The summed E-state index contributed by atoms with van der Waals surface area (Å²) in [5.41, 5.74) is -0.861. The smallest absolute Gasteiger partial charge is 0.417 e. The zero-order chi connectivity index (χ0) is 24.6. The van der Waals surface area contributed by atoms with Crippen LogP contribution in [0.1, 0.15) is 12.5 Å². The van der Waals surface area contributed by atoms with Gasteiger partial charge in [0.15, 0.2) is 0 Å². The fourth-order valence-electron chi connectivity index (χ4n) is 2.58. The van der Waals surface area contributed by atoms with Crippen molar-refractivity contribution in [1.29, 1.82) is 0 Å². The summed E-state index contributed by atoms with van der Waals surface area (Å²) in [5, 5.41) is 4.86. The predicted molar refractivity (Wildman–Crippen MR) is 113 cm³/mol. The maximum atomic E-state index is 13.2. The van der Waals surface area contributed by atoms with E-state index in [2.05, 4.69) is 10.6 Å². The van der Waals surface area contributed by atoms with Gasteiger partial charge < -0.3 is 14.8 Å². The lowest BCUT2D eigenvalue weighted by atomic mass is 10.2. The standard InChI is InChI=1S/C20H22F3N3O6S/c1-13(26-33(29,30)17-9-4-3-8-16(17)20(21,22)23)18(27)24-14-6-5-7-15(12-14)25-19(28)32-11-10-31-2/h3-9,12-13,26H,10-11H2,1-2H3,(H,24,27)(H,25,28)/t13-/m0/s1. The second-order valence-corrected chi connectivity index (χ2v) is 8.34. The molecule has 2 amide bonds. The highest BCUT2D eigenvalue weighted by Crippen LogP contribution is 2.33. The molecule has 0 bridgehead atoms. The van der Waals surface area contributed by atoms with E-state index in [1.54, 1.807) is 0 Å². The number of anilines is 2. The third kappa shape index (κ3) is 7.73. The van der Waals surface area contributed by atoms with E-state index in [9.17, 15) is 31.2 Å². The van der Waals surface area contributed by atoms with Gasteiger partial charge in [0.2, 0.25) is 15.9 Å². The van der Waals surface area contributed by atoms with Crippen molar-refractivity contribution in [1.82, 2.24) is 4.72 Å². The van der Waals surface area contributed by atoms with Gasteiger partial charge in [-0.1, -0.05) is 18.2 Å². The fourth-order valence-corrected chi connectivity index (χ4v) is 4.01. The zero-order valence-corrected chi connectivity index (χ0v) is 18.4. The summed E-state index contributed by atoms with van der Waals surface area (Å²) in [5.74, 6) is -0.831. The summed E-state index contributed by atoms with van der Waals surface area (Å²) in [7, 11) is -3.21. The van der Waals surface area contributed by atoms with Gasteiger partial charge in [0.1, 0.15) is 6.61 Å². The van der Waals surface area contributed by atoms with Gasteiger partial charge in [-0.15, -0.1) is 0 Å². The Bertz CT molecular complexity index is 1090. The van der Waals surface area contributed by atoms with E-state index in [1.807, 2.05) is 4.72 Å². The van der Waals surface area contributed by atoms with Gasteiger partial charge in [0, 0.05) is 18.5 Å². The number of benzene rings is 2. The van der Waals surface area contributed by atoms with Crippen LogP contribution in [0.2, 0.25) is 0 Å². The lowest BCUT2D eigenvalue weighted by molar-refractivity contribution is -0.139. The van der Waals surface area contributed by atoms with Crippen molar-refractivity contribution >= 4 is 33.4 Å². The molecule has 1 atom stereocenters. The maximum absolute atomic E-state index is 13.2. The van der Waals surface area contributed by atoms with E-state index in [0.29, 0.717) is 6.07 Å². The minimum Gasteiger partial charge on any atom is -0.447 e. The zero-order valence-electron chi connectivity index (χ0n) is 17.6. The lowest BCUT2D eigenvalue weighted by Crippen LogP contribution is -2.42. The van der Waals surface area contributed by atoms with Crippen LogP contribution in [-0.2, 0) is 30.5 Å². The Labute approximate surface area is 188 Å². The molecular weight excluding hydrogens is 467 g/mol. The second kappa shape index (κ2) is 11.1. The van der Waals surface area contributed by atoms with Crippen LogP contribution in [0, 0.1) is 0 Å². The average molecular weight is 489 g/mol. The molecule has 0 aliphatic heterocycles. The molecule has 2 rings (SSSR count). The number of carbonyl (C=O) groups excluding carboxylic acids is 2. The number of rotatable bonds is 9. The molecule has 180 valence electrons. The van der Waals surface area contributed by atoms with Gasteiger partial charge in [-0.2, -0.15) is 17.9 Å². The molecule has 0 saturated heterocycles. The van der Waals surface area contributed by atoms with Gasteiger partial charge >= 0.3 is 12.3 Å². The van der Waals surface area contributed by atoms with Crippen LogP contribution in [-0.4, -0.2) is 46.8 Å². The summed E-state index contributed by atoms with van der Waals surface area (Å²) in [6.07, 6.45) is -5.64. The van der Waals surface area contributed by atoms with Crippen molar-refractivity contribution in [3.8, 4) is 0 Å². The van der Waals surface area contributed by atoms with Crippen LogP contribution >= 0.6 is 0 Å². The molecule has 0 aliphatic carbocycles. The Morgan fingerprint density at radius 3 is 2.27 bits per heavy atom. The topological polar surface area (TPSA) is 123 Å². The molecule has 0 unspecified atom stereocenters. The van der Waals surface area contributed by atoms with Crippen LogP contribution in [0.5, 0.6) is 0 Å². The van der Waals surface area contributed by atoms with E-state index in [-0.39, 0.29) is 24.6 Å². The normalized spacial score (nSPS) is 12.6. The van der Waals surface area contributed by atoms with Gasteiger partial charge in [-0.3, -0.25) is 10.1 Å². The second-order valence-electron chi connectivity index (χ2n) is 6.66. The molecule has 9 nitrogen and oxygen atoms in total. The molecule has 0 aliphatic rings. The molecule has 2 aromatic carbocycles. The monoisotopic (exact) mass is 489 g/mol. The molecule has 0 spiro atoms. The van der Waals surface area contributed by atoms with Crippen LogP contribution < -0.4 is 15.4 Å². The molecule has 0 heterocycles. The maximum Gasteiger partial charge on any atom is 0.417 e. The molecule has 0 radical (unpaired) electrons. The Hall–Kier alpha value is -3.16. The number of sulfonamides is 1. The van der Waals surface area contributed by atoms with E-state index >= 15 is 0 Å². The number of halogens is 3. The first-order valence-corrected chi connectivity index (χ1v) is 10.9. The number of methoxy groups -OCH3 is 1. The molecule has 0 saturated carbocycles. The lowest BCUT2D eigenvalue weighted by Gasteiger charge is -2.17. The molecule has 0 aromatic heterocycles. The summed E-state index contributed by atoms with van der Waals surface area (Å²) in [4.78, 5) is 23.1. The first-order valence-electron chi connectivity index (χ1n) is 9.46. The number of hydrogen-bond donors (Lipinski definition) is 3. The highest BCUT2D eigenvalue weighted by Gasteiger charge is 2.37. The molecule has 3 N–H and O–H groups in total. The number of hydrogen-bond acceptors (Lipinski definition) is 6. The molecule has 33 heavy (non-hydrogen) atoms. The van der Waals surface area contributed by atoms with Gasteiger partial charge in [0.05, 0.1) is 23.1 Å². The van der Waals surface area contributed by atoms with Crippen molar-refractivity contribution in [2.75, 3.05) is 31.0 Å². The Morgan fingerprint density at radius 1 is 1.00 bits per heavy atom. The highest BCUT2D eigenvalue weighted by molar-refractivity contribution is 7.89. The first-order chi connectivity index (χ1) is 15.4. The van der Waals surface area contributed by atoms with Gasteiger partial charge in [-0.25, -0.2) is 13.2 Å². The molecule has 0 fully saturated rings. The largest absolute Gasteiger partial charge is 0.447 e. The van der Waals surface area contributed by atoms with E-state index in [1.165, 1.54) is 38.3 Å². The third-order valence-corrected chi connectivity index (χ3v) is 5.70. The van der Waals surface area contributed by atoms with Crippen molar-refractivity contribution in [2.24, 2.45) is 0 Å². The number of nitrogens with one attached hydrogen (secondary N) is 3. The van der Waals surface area contributed by atoms with Crippen molar-refractivity contribution in [2.45, 2.75) is 24.0 Å². The van der Waals surface area contributed by atoms with Crippen molar-refractivity contribution < 1.29 is 40.7 Å². The highest BCUT2D eigenvalue weighted by atomic mass is 32.2. The third-order valence-electron chi connectivity index (χ3n) is 4.10. The van der Waals surface area contributed by atoms with Gasteiger partial charge in [-0.05, 0) is 37.3 Å². The van der Waals surface area contributed by atoms with E-state index < -0.39 is 44.7 Å². The van der Waals surface area contributed by atoms with Crippen molar-refractivity contribution in [3.05, 3.63) is 54.1 Å². The van der Waals surface area contributed by atoms with Crippen molar-refractivity contribution in [3.63, 3.8) is 0 Å². The van der Waals surface area contributed by atoms with Crippen LogP contribution in [0.25, 0.3) is 0 Å². The summed E-state index contributed by atoms with van der Waals surface area (Å²) in [6, 6.07) is 8.12. The number of carbonyl (C=O) groups is 2. The van der Waals surface area contributed by atoms with E-state index in [4.69, 9.17) is 9.47 Å². The number of amides is 2. The minimum absolute atomic E-state index is 0.0356. The number of alkyl halides is 3. The van der Waals surface area contributed by atoms with Gasteiger partial charge in [0.25, 0.3) is 0 Å². The quantitative estimate of drug-likeness (QED) is 0.465. The summed E-state index contributed by atoms with van der Waals surface area (Å²) >= 11 is 0. The molecule has 2 aromatic rings. The Kier molecular flexibility index (Phi) is 8.79. The SMILES string of the molecule is COCCOC(=O)Nc1cccc(NC(=O)[C@H](C)NS(=O)(=O)c2ccccc2C(F)(F)F)c1. The summed E-state index contributed by atoms with van der Waals surface area (Å²) < 4.78 is 76.0. The first kappa shape index (κ1) is 26.1. The van der Waals surface area contributed by atoms with Crippen LogP contribution in [0.4, 0.5) is 29.3 Å². The average Bonchev–Trinajstić information content (AvgIpc) is 2.73.